The quantitative estimate of drug-likeness (QED) is 0.548. The van der Waals surface area contributed by atoms with E-state index in [4.69, 9.17) is 5.14 Å². The molecule has 0 bridgehead atoms. The third-order valence-corrected chi connectivity index (χ3v) is 4.34. The summed E-state index contributed by atoms with van der Waals surface area (Å²) < 4.78 is 47.1. The molecule has 1 aromatic rings. The monoisotopic (exact) mass is 323 g/mol. The molecule has 0 saturated heterocycles. The van der Waals surface area contributed by atoms with Gasteiger partial charge in [0, 0.05) is 13.1 Å². The topological polar surface area (TPSA) is 144 Å². The Labute approximate surface area is 118 Å². The molecule has 0 aliphatic carbocycles. The Morgan fingerprint density at radius 3 is 2.25 bits per heavy atom. The molecule has 11 heteroatoms. The minimum Gasteiger partial charge on any atom is -0.354 e. The van der Waals surface area contributed by atoms with Gasteiger partial charge in [-0.3, -0.25) is 0 Å². The van der Waals surface area contributed by atoms with Crippen molar-refractivity contribution in [1.82, 2.24) is 14.7 Å². The molecule has 0 aliphatic rings. The lowest BCUT2D eigenvalue weighted by Gasteiger charge is -2.06. The average molecular weight is 323 g/mol. The highest BCUT2D eigenvalue weighted by Crippen LogP contribution is 2.07. The summed E-state index contributed by atoms with van der Waals surface area (Å²) in [4.78, 5) is 7.57. The van der Waals surface area contributed by atoms with Crippen molar-refractivity contribution in [3.05, 3.63) is 12.4 Å². The second-order valence-corrected chi connectivity index (χ2v) is 7.43. The Bertz CT molecular complexity index is 627. The SMILES string of the molecule is CCCNc1ncc(S(=O)(=O)NCCS(N)(=O)=O)cn1. The van der Waals surface area contributed by atoms with Gasteiger partial charge in [-0.25, -0.2) is 36.7 Å². The Hall–Kier alpha value is -1.30. The molecule has 0 aromatic carbocycles. The van der Waals surface area contributed by atoms with E-state index >= 15 is 0 Å². The van der Waals surface area contributed by atoms with Crippen molar-refractivity contribution in [2.24, 2.45) is 5.14 Å². The standard InChI is InChI=1S/C9H17N5O4S2/c1-2-3-11-9-12-6-8(7-13-9)20(17,18)14-4-5-19(10,15)16/h6-7,14H,2-5H2,1H3,(H2,10,15,16)(H,11,12,13). The molecule has 4 N–H and O–H groups in total. The van der Waals surface area contributed by atoms with Crippen LogP contribution >= 0.6 is 0 Å². The minimum absolute atomic E-state index is 0.144. The molecular weight excluding hydrogens is 306 g/mol. The number of sulfonamides is 2. The first-order valence-corrected chi connectivity index (χ1v) is 9.00. The van der Waals surface area contributed by atoms with E-state index in [0.29, 0.717) is 12.5 Å². The molecule has 0 unspecified atom stereocenters. The molecule has 0 radical (unpaired) electrons. The molecule has 9 nitrogen and oxygen atoms in total. The zero-order chi connectivity index (χ0) is 15.2. The van der Waals surface area contributed by atoms with Crippen molar-refractivity contribution < 1.29 is 16.8 Å². The largest absolute Gasteiger partial charge is 0.354 e. The van der Waals surface area contributed by atoms with Crippen molar-refractivity contribution in [3.63, 3.8) is 0 Å². The first-order chi connectivity index (χ1) is 9.24. The van der Waals surface area contributed by atoms with Crippen LogP contribution in [-0.4, -0.2) is 45.6 Å². The fourth-order valence-corrected chi connectivity index (χ4v) is 2.62. The molecule has 0 saturated carbocycles. The molecule has 114 valence electrons. The predicted molar refractivity (Wildman–Crippen MR) is 74.0 cm³/mol. The summed E-state index contributed by atoms with van der Waals surface area (Å²) in [6.07, 6.45) is 3.17. The maximum atomic E-state index is 11.8. The number of primary sulfonamides is 1. The van der Waals surface area contributed by atoms with E-state index in [1.165, 1.54) is 0 Å². The zero-order valence-corrected chi connectivity index (χ0v) is 12.5. The van der Waals surface area contributed by atoms with Crippen LogP contribution in [0.3, 0.4) is 0 Å². The summed E-state index contributed by atoms with van der Waals surface area (Å²) >= 11 is 0. The van der Waals surface area contributed by atoms with Gasteiger partial charge in [-0.15, -0.1) is 0 Å². The first kappa shape index (κ1) is 16.8. The van der Waals surface area contributed by atoms with Crippen molar-refractivity contribution in [2.75, 3.05) is 24.2 Å². The van der Waals surface area contributed by atoms with Crippen LogP contribution in [0, 0.1) is 0 Å². The molecule has 0 aliphatic heterocycles. The molecule has 0 fully saturated rings. The van der Waals surface area contributed by atoms with Gasteiger partial charge >= 0.3 is 0 Å². The van der Waals surface area contributed by atoms with Crippen LogP contribution in [0.2, 0.25) is 0 Å². The molecule has 0 spiro atoms. The fourth-order valence-electron chi connectivity index (χ4n) is 1.18. The highest BCUT2D eigenvalue weighted by Gasteiger charge is 2.15. The van der Waals surface area contributed by atoms with Gasteiger partial charge in [-0.05, 0) is 6.42 Å². The van der Waals surface area contributed by atoms with Gasteiger partial charge in [-0.2, -0.15) is 0 Å². The van der Waals surface area contributed by atoms with E-state index < -0.39 is 25.8 Å². The van der Waals surface area contributed by atoms with Gasteiger partial charge in [0.05, 0.1) is 18.1 Å². The van der Waals surface area contributed by atoms with Gasteiger partial charge in [0.25, 0.3) is 0 Å². The van der Waals surface area contributed by atoms with Crippen LogP contribution in [0.25, 0.3) is 0 Å². The van der Waals surface area contributed by atoms with Crippen LogP contribution in [0.5, 0.6) is 0 Å². The van der Waals surface area contributed by atoms with Gasteiger partial charge in [0.2, 0.25) is 26.0 Å². The fraction of sp³-hybridized carbons (Fsp3) is 0.556. The molecule has 0 amide bonds. The van der Waals surface area contributed by atoms with Gasteiger partial charge < -0.3 is 5.32 Å². The minimum atomic E-state index is -3.84. The Morgan fingerprint density at radius 1 is 1.15 bits per heavy atom. The summed E-state index contributed by atoms with van der Waals surface area (Å²) in [7, 11) is -7.56. The van der Waals surface area contributed by atoms with Crippen molar-refractivity contribution >= 4 is 26.0 Å². The third-order valence-electron chi connectivity index (χ3n) is 2.15. The van der Waals surface area contributed by atoms with E-state index in [9.17, 15) is 16.8 Å². The predicted octanol–water partition coefficient (Wildman–Crippen LogP) is -1.13. The van der Waals surface area contributed by atoms with Gasteiger partial charge in [0.15, 0.2) is 0 Å². The number of hydrogen-bond donors (Lipinski definition) is 3. The molecule has 20 heavy (non-hydrogen) atoms. The lowest BCUT2D eigenvalue weighted by Crippen LogP contribution is -2.31. The second kappa shape index (κ2) is 6.92. The summed E-state index contributed by atoms with van der Waals surface area (Å²) in [5.74, 6) is -0.154. The molecule has 1 aromatic heterocycles. The number of anilines is 1. The van der Waals surface area contributed by atoms with E-state index in [1.54, 1.807) is 0 Å². The number of hydrogen-bond acceptors (Lipinski definition) is 7. The molecule has 1 rings (SSSR count). The second-order valence-electron chi connectivity index (χ2n) is 3.93. The molecule has 1 heterocycles. The van der Waals surface area contributed by atoms with Crippen molar-refractivity contribution in [3.8, 4) is 0 Å². The molecular formula is C9H17N5O4S2. The van der Waals surface area contributed by atoms with Crippen molar-refractivity contribution in [2.45, 2.75) is 18.2 Å². The Morgan fingerprint density at radius 2 is 1.75 bits per heavy atom. The number of nitrogens with two attached hydrogens (primary N) is 1. The lowest BCUT2D eigenvalue weighted by atomic mass is 10.5. The first-order valence-electron chi connectivity index (χ1n) is 5.80. The number of nitrogens with one attached hydrogen (secondary N) is 2. The number of nitrogens with zero attached hydrogens (tertiary/aromatic N) is 2. The summed E-state index contributed by atoms with van der Waals surface area (Å²) in [6.45, 7) is 2.34. The highest BCUT2D eigenvalue weighted by molar-refractivity contribution is 7.90. The Kier molecular flexibility index (Phi) is 5.80. The lowest BCUT2D eigenvalue weighted by molar-refractivity contribution is 0.580. The summed E-state index contributed by atoms with van der Waals surface area (Å²) in [5.41, 5.74) is 0. The highest BCUT2D eigenvalue weighted by atomic mass is 32.2. The van der Waals surface area contributed by atoms with Crippen LogP contribution < -0.4 is 15.2 Å². The summed E-state index contributed by atoms with van der Waals surface area (Å²) in [6, 6.07) is 0. The van der Waals surface area contributed by atoms with E-state index in [0.717, 1.165) is 18.8 Å². The third kappa shape index (κ3) is 5.77. The van der Waals surface area contributed by atoms with E-state index in [1.807, 2.05) is 6.92 Å². The smallest absolute Gasteiger partial charge is 0.243 e. The van der Waals surface area contributed by atoms with E-state index in [-0.39, 0.29) is 11.4 Å². The molecule has 0 atom stereocenters. The zero-order valence-electron chi connectivity index (χ0n) is 10.9. The maximum Gasteiger partial charge on any atom is 0.243 e. The van der Waals surface area contributed by atoms with Gasteiger partial charge in [-0.1, -0.05) is 6.92 Å². The normalized spacial score (nSPS) is 12.3. The van der Waals surface area contributed by atoms with E-state index in [2.05, 4.69) is 20.0 Å². The number of aromatic nitrogens is 2. The van der Waals surface area contributed by atoms with Crippen LogP contribution in [0.15, 0.2) is 17.3 Å². The number of rotatable bonds is 8. The van der Waals surface area contributed by atoms with Gasteiger partial charge in [0.1, 0.15) is 4.90 Å². The average Bonchev–Trinajstić information content (AvgIpc) is 2.35. The summed E-state index contributed by atoms with van der Waals surface area (Å²) in [5, 5.41) is 7.68. The maximum absolute atomic E-state index is 11.8. The van der Waals surface area contributed by atoms with Crippen LogP contribution in [0.1, 0.15) is 13.3 Å². The van der Waals surface area contributed by atoms with Crippen molar-refractivity contribution in [1.29, 1.82) is 0 Å². The van der Waals surface area contributed by atoms with Crippen LogP contribution in [-0.2, 0) is 20.0 Å². The van der Waals surface area contributed by atoms with Crippen LogP contribution in [0.4, 0.5) is 5.95 Å². The Balaban J connectivity index is 2.68.